The average Bonchev–Trinajstić information content (AvgIpc) is 2.76. The van der Waals surface area contributed by atoms with Gasteiger partial charge in [-0.1, -0.05) is 18.0 Å². The molecule has 3 N–H and O–H groups in total. The quantitative estimate of drug-likeness (QED) is 0.863. The molecule has 18 heavy (non-hydrogen) atoms. The molecule has 0 saturated carbocycles. The minimum absolute atomic E-state index is 0.471. The van der Waals surface area contributed by atoms with Gasteiger partial charge in [0.15, 0.2) is 0 Å². The van der Waals surface area contributed by atoms with E-state index in [-0.39, 0.29) is 0 Å². The number of hydrogen-bond acceptors (Lipinski definition) is 4. The summed E-state index contributed by atoms with van der Waals surface area (Å²) in [5.74, 6) is 0.767. The first-order valence-corrected chi connectivity index (χ1v) is 7.03. The van der Waals surface area contributed by atoms with Gasteiger partial charge in [0, 0.05) is 18.6 Å². The highest BCUT2D eigenvalue weighted by Gasteiger charge is 2.35. The Hall–Kier alpha value is -1.00. The standard InChI is InChI=1S/C13H19ClN4/c14-10-7-9(15)8-16-13(10)17-11-4-6-18-5-2-1-3-12(11)18/h7-8,11-12H,1-6,15H2,(H,16,17). The highest BCUT2D eigenvalue weighted by Crippen LogP contribution is 2.30. The van der Waals surface area contributed by atoms with Crippen LogP contribution in [0.15, 0.2) is 12.3 Å². The van der Waals surface area contributed by atoms with Crippen molar-refractivity contribution in [3.8, 4) is 0 Å². The van der Waals surface area contributed by atoms with Gasteiger partial charge in [-0.05, 0) is 31.9 Å². The molecule has 1 aromatic heterocycles. The van der Waals surface area contributed by atoms with E-state index >= 15 is 0 Å². The van der Waals surface area contributed by atoms with Crippen molar-refractivity contribution in [1.82, 2.24) is 9.88 Å². The molecule has 2 atom stereocenters. The predicted octanol–water partition coefficient (Wildman–Crippen LogP) is 2.36. The van der Waals surface area contributed by atoms with Gasteiger partial charge in [0.25, 0.3) is 0 Å². The summed E-state index contributed by atoms with van der Waals surface area (Å²) in [7, 11) is 0. The van der Waals surface area contributed by atoms with E-state index in [1.54, 1.807) is 12.3 Å². The van der Waals surface area contributed by atoms with E-state index < -0.39 is 0 Å². The van der Waals surface area contributed by atoms with Gasteiger partial charge in [0.1, 0.15) is 5.82 Å². The molecule has 98 valence electrons. The Bertz CT molecular complexity index is 437. The van der Waals surface area contributed by atoms with Gasteiger partial charge >= 0.3 is 0 Å². The molecule has 2 aliphatic heterocycles. The monoisotopic (exact) mass is 266 g/mol. The van der Waals surface area contributed by atoms with Crippen LogP contribution >= 0.6 is 11.6 Å². The van der Waals surface area contributed by atoms with E-state index in [4.69, 9.17) is 17.3 Å². The van der Waals surface area contributed by atoms with Gasteiger partial charge in [-0.2, -0.15) is 0 Å². The van der Waals surface area contributed by atoms with Gasteiger partial charge in [-0.15, -0.1) is 0 Å². The molecule has 2 unspecified atom stereocenters. The van der Waals surface area contributed by atoms with Crippen LogP contribution in [0.1, 0.15) is 25.7 Å². The minimum Gasteiger partial charge on any atom is -0.397 e. The third kappa shape index (κ3) is 2.27. The number of fused-ring (bicyclic) bond motifs is 1. The summed E-state index contributed by atoms with van der Waals surface area (Å²) in [5, 5.41) is 4.11. The van der Waals surface area contributed by atoms with Crippen LogP contribution in [0, 0.1) is 0 Å². The van der Waals surface area contributed by atoms with Gasteiger partial charge in [-0.3, -0.25) is 4.90 Å². The van der Waals surface area contributed by atoms with E-state index in [9.17, 15) is 0 Å². The van der Waals surface area contributed by atoms with Crippen molar-refractivity contribution in [3.63, 3.8) is 0 Å². The van der Waals surface area contributed by atoms with E-state index in [1.807, 2.05) is 0 Å². The van der Waals surface area contributed by atoms with Crippen molar-refractivity contribution in [2.75, 3.05) is 24.1 Å². The number of nitrogen functional groups attached to an aromatic ring is 1. The smallest absolute Gasteiger partial charge is 0.145 e. The predicted molar refractivity (Wildman–Crippen MR) is 74.9 cm³/mol. The number of anilines is 2. The van der Waals surface area contributed by atoms with Gasteiger partial charge in [0.2, 0.25) is 0 Å². The number of nitrogens with one attached hydrogen (secondary N) is 1. The highest BCUT2D eigenvalue weighted by molar-refractivity contribution is 6.33. The molecule has 2 saturated heterocycles. The van der Waals surface area contributed by atoms with Crippen molar-refractivity contribution in [3.05, 3.63) is 17.3 Å². The second-order valence-electron chi connectivity index (χ2n) is 5.24. The van der Waals surface area contributed by atoms with Crippen molar-refractivity contribution >= 4 is 23.1 Å². The maximum Gasteiger partial charge on any atom is 0.145 e. The van der Waals surface area contributed by atoms with Crippen molar-refractivity contribution < 1.29 is 0 Å². The van der Waals surface area contributed by atoms with E-state index in [0.717, 1.165) is 5.82 Å². The summed E-state index contributed by atoms with van der Waals surface area (Å²) in [6.45, 7) is 2.43. The third-order valence-electron chi connectivity index (χ3n) is 4.04. The molecular weight excluding hydrogens is 248 g/mol. The topological polar surface area (TPSA) is 54.2 Å². The van der Waals surface area contributed by atoms with Crippen LogP contribution in [0.2, 0.25) is 5.02 Å². The second-order valence-corrected chi connectivity index (χ2v) is 5.64. The first-order valence-electron chi connectivity index (χ1n) is 6.65. The summed E-state index contributed by atoms with van der Waals surface area (Å²) >= 11 is 6.16. The van der Waals surface area contributed by atoms with Crippen molar-refractivity contribution in [2.24, 2.45) is 0 Å². The average molecular weight is 267 g/mol. The lowest BCUT2D eigenvalue weighted by Crippen LogP contribution is -2.41. The lowest BCUT2D eigenvalue weighted by Gasteiger charge is -2.32. The number of nitrogens with zero attached hydrogens (tertiary/aromatic N) is 2. The maximum absolute atomic E-state index is 6.16. The number of piperidine rings is 1. The van der Waals surface area contributed by atoms with Gasteiger partial charge in [-0.25, -0.2) is 4.98 Å². The lowest BCUT2D eigenvalue weighted by atomic mass is 9.99. The summed E-state index contributed by atoms with van der Waals surface area (Å²) in [6.07, 6.45) is 6.78. The zero-order chi connectivity index (χ0) is 12.5. The summed E-state index contributed by atoms with van der Waals surface area (Å²) < 4.78 is 0. The minimum atomic E-state index is 0.471. The van der Waals surface area contributed by atoms with Crippen molar-refractivity contribution in [2.45, 2.75) is 37.8 Å². The molecule has 0 spiro atoms. The third-order valence-corrected chi connectivity index (χ3v) is 4.33. The van der Waals surface area contributed by atoms with E-state index in [0.29, 0.717) is 22.8 Å². The van der Waals surface area contributed by atoms with Crippen LogP contribution in [0.3, 0.4) is 0 Å². The molecule has 0 radical (unpaired) electrons. The van der Waals surface area contributed by atoms with Crippen LogP contribution in [-0.4, -0.2) is 35.1 Å². The molecule has 2 fully saturated rings. The molecular formula is C13H19ClN4. The molecule has 1 aromatic rings. The summed E-state index contributed by atoms with van der Waals surface area (Å²) in [5.41, 5.74) is 6.27. The summed E-state index contributed by atoms with van der Waals surface area (Å²) in [6, 6.07) is 2.87. The van der Waals surface area contributed by atoms with E-state index in [1.165, 1.54) is 38.8 Å². The molecule has 0 amide bonds. The summed E-state index contributed by atoms with van der Waals surface area (Å²) in [4.78, 5) is 6.88. The second kappa shape index (κ2) is 4.94. The van der Waals surface area contributed by atoms with Crippen molar-refractivity contribution in [1.29, 1.82) is 0 Å². The molecule has 0 aliphatic carbocycles. The number of rotatable bonds is 2. The molecule has 3 heterocycles. The van der Waals surface area contributed by atoms with Crippen LogP contribution < -0.4 is 11.1 Å². The van der Waals surface area contributed by atoms with Gasteiger partial charge < -0.3 is 11.1 Å². The highest BCUT2D eigenvalue weighted by atomic mass is 35.5. The number of nitrogens with two attached hydrogens (primary N) is 1. The fourth-order valence-corrected chi connectivity index (χ4v) is 3.38. The molecule has 4 nitrogen and oxygen atoms in total. The SMILES string of the molecule is Nc1cnc(NC2CCN3CCCCC23)c(Cl)c1. The Labute approximate surface area is 113 Å². The van der Waals surface area contributed by atoms with Crippen LogP contribution in [0.25, 0.3) is 0 Å². The number of halogens is 1. The lowest BCUT2D eigenvalue weighted by molar-refractivity contribution is 0.192. The molecule has 5 heteroatoms. The number of pyridine rings is 1. The van der Waals surface area contributed by atoms with Crippen LogP contribution in [-0.2, 0) is 0 Å². The Balaban J connectivity index is 1.72. The molecule has 0 aromatic carbocycles. The maximum atomic E-state index is 6.16. The van der Waals surface area contributed by atoms with E-state index in [2.05, 4.69) is 15.2 Å². The Kier molecular flexibility index (Phi) is 3.31. The first-order chi connectivity index (χ1) is 8.74. The first kappa shape index (κ1) is 12.1. The van der Waals surface area contributed by atoms with Crippen LogP contribution in [0.4, 0.5) is 11.5 Å². The van der Waals surface area contributed by atoms with Gasteiger partial charge in [0.05, 0.1) is 16.9 Å². The Morgan fingerprint density at radius 2 is 2.22 bits per heavy atom. The number of aromatic nitrogens is 1. The normalized spacial score (nSPS) is 28.1. The zero-order valence-corrected chi connectivity index (χ0v) is 11.2. The Morgan fingerprint density at radius 3 is 3.06 bits per heavy atom. The fraction of sp³-hybridized carbons (Fsp3) is 0.615. The Morgan fingerprint density at radius 1 is 1.33 bits per heavy atom. The number of hydrogen-bond donors (Lipinski definition) is 2. The zero-order valence-electron chi connectivity index (χ0n) is 10.4. The molecule has 0 bridgehead atoms. The largest absolute Gasteiger partial charge is 0.397 e. The molecule has 3 rings (SSSR count). The fourth-order valence-electron chi connectivity index (χ4n) is 3.15. The van der Waals surface area contributed by atoms with Crippen LogP contribution in [0.5, 0.6) is 0 Å². The molecule has 2 aliphatic rings.